The highest BCUT2D eigenvalue weighted by molar-refractivity contribution is 5.82. The van der Waals surface area contributed by atoms with E-state index in [1.165, 1.54) is 0 Å². The van der Waals surface area contributed by atoms with Crippen molar-refractivity contribution in [1.82, 2.24) is 9.88 Å². The largest absolute Gasteiger partial charge is 0.338 e. The number of carbonyl (C=O) groups is 1. The van der Waals surface area contributed by atoms with Gasteiger partial charge in [-0.25, -0.2) is 0 Å². The number of nitrogens with one attached hydrogen (secondary N) is 1. The van der Waals surface area contributed by atoms with Crippen LogP contribution in [0.1, 0.15) is 38.3 Å². The first-order chi connectivity index (χ1) is 10.4. The predicted molar refractivity (Wildman–Crippen MR) is 89.9 cm³/mol. The van der Waals surface area contributed by atoms with Gasteiger partial charge in [0, 0.05) is 18.0 Å². The zero-order valence-electron chi connectivity index (χ0n) is 13.8. The van der Waals surface area contributed by atoms with Crippen LogP contribution in [0.25, 0.3) is 10.9 Å². The number of carbonyl (C=O) groups excluding carboxylic acids is 1. The summed E-state index contributed by atoms with van der Waals surface area (Å²) in [7, 11) is 0. The van der Waals surface area contributed by atoms with Gasteiger partial charge in [-0.3, -0.25) is 9.59 Å². The Balaban J connectivity index is 2.39. The van der Waals surface area contributed by atoms with E-state index in [1.54, 1.807) is 4.90 Å². The Hall–Kier alpha value is -2.10. The number of nitrogens with zero attached hydrogens (tertiary/aromatic N) is 1. The average Bonchev–Trinajstić information content (AvgIpc) is 2.47. The maximum absolute atomic E-state index is 12.3. The molecule has 0 bridgehead atoms. The molecule has 0 aliphatic heterocycles. The van der Waals surface area contributed by atoms with Gasteiger partial charge in [-0.15, -0.1) is 0 Å². The lowest BCUT2D eigenvalue weighted by atomic mass is 10.1. The fourth-order valence-electron chi connectivity index (χ4n) is 2.65. The lowest BCUT2D eigenvalue weighted by molar-refractivity contribution is -0.135. The number of hydrogen-bond acceptors (Lipinski definition) is 2. The van der Waals surface area contributed by atoms with Crippen LogP contribution in [0.5, 0.6) is 0 Å². The van der Waals surface area contributed by atoms with Gasteiger partial charge in [-0.1, -0.05) is 39.0 Å². The number of aromatic nitrogens is 1. The first-order valence-corrected chi connectivity index (χ1v) is 7.84. The molecule has 1 amide bonds. The molecule has 1 aromatic heterocycles. The Morgan fingerprint density at radius 3 is 2.68 bits per heavy atom. The molecule has 1 heterocycles. The number of aryl methyl sites for hydroxylation is 1. The van der Waals surface area contributed by atoms with Crippen molar-refractivity contribution in [2.24, 2.45) is 5.92 Å². The quantitative estimate of drug-likeness (QED) is 0.921. The monoisotopic (exact) mass is 300 g/mol. The maximum atomic E-state index is 12.3. The topological polar surface area (TPSA) is 53.2 Å². The van der Waals surface area contributed by atoms with Crippen molar-refractivity contribution < 1.29 is 4.79 Å². The summed E-state index contributed by atoms with van der Waals surface area (Å²) in [6.45, 7) is 8.82. The van der Waals surface area contributed by atoms with Crippen LogP contribution in [0.4, 0.5) is 0 Å². The van der Waals surface area contributed by atoms with Gasteiger partial charge in [0.05, 0.1) is 12.1 Å². The molecular weight excluding hydrogens is 276 g/mol. The smallest absolute Gasteiger partial charge is 0.253 e. The van der Waals surface area contributed by atoms with E-state index < -0.39 is 0 Å². The van der Waals surface area contributed by atoms with E-state index in [0.29, 0.717) is 18.7 Å². The number of amides is 1. The summed E-state index contributed by atoms with van der Waals surface area (Å²) in [4.78, 5) is 29.3. The molecule has 2 aromatic rings. The number of para-hydroxylation sites is 1. The zero-order chi connectivity index (χ0) is 16.3. The lowest BCUT2D eigenvalue weighted by Crippen LogP contribution is -2.36. The summed E-state index contributed by atoms with van der Waals surface area (Å²) in [6.07, 6.45) is 0.878. The maximum Gasteiger partial charge on any atom is 0.253 e. The van der Waals surface area contributed by atoms with Gasteiger partial charge in [-0.05, 0) is 30.4 Å². The predicted octanol–water partition coefficient (Wildman–Crippen LogP) is 3.23. The molecule has 22 heavy (non-hydrogen) atoms. The zero-order valence-corrected chi connectivity index (χ0v) is 13.8. The van der Waals surface area contributed by atoms with Crippen LogP contribution in [0.15, 0.2) is 29.1 Å². The van der Waals surface area contributed by atoms with Gasteiger partial charge < -0.3 is 9.88 Å². The molecule has 1 aromatic carbocycles. The van der Waals surface area contributed by atoms with Gasteiger partial charge in [0.15, 0.2) is 0 Å². The van der Waals surface area contributed by atoms with Crippen molar-refractivity contribution in [1.29, 1.82) is 0 Å². The van der Waals surface area contributed by atoms with Crippen molar-refractivity contribution >= 4 is 16.8 Å². The summed E-state index contributed by atoms with van der Waals surface area (Å²) >= 11 is 0. The molecule has 0 fully saturated rings. The molecule has 0 saturated carbocycles. The molecule has 0 atom stereocenters. The van der Waals surface area contributed by atoms with E-state index in [1.807, 2.05) is 52.0 Å². The van der Waals surface area contributed by atoms with Crippen LogP contribution >= 0.6 is 0 Å². The SMILES string of the molecule is CCCN(Cc1cc2cccc(C)c2[nH]c1=O)C(=O)C(C)C. The van der Waals surface area contributed by atoms with E-state index in [4.69, 9.17) is 0 Å². The molecule has 0 aliphatic carbocycles. The Kier molecular flexibility index (Phi) is 5.01. The van der Waals surface area contributed by atoms with Crippen molar-refractivity contribution in [3.8, 4) is 0 Å². The molecule has 0 aliphatic rings. The molecule has 0 saturated heterocycles. The number of aromatic amines is 1. The highest BCUT2D eigenvalue weighted by Crippen LogP contribution is 2.16. The van der Waals surface area contributed by atoms with Gasteiger partial charge >= 0.3 is 0 Å². The summed E-state index contributed by atoms with van der Waals surface area (Å²) in [5.41, 5.74) is 2.44. The molecule has 0 spiro atoms. The van der Waals surface area contributed by atoms with Crippen LogP contribution in [0.3, 0.4) is 0 Å². The van der Waals surface area contributed by atoms with E-state index in [9.17, 15) is 9.59 Å². The summed E-state index contributed by atoms with van der Waals surface area (Å²) in [5.74, 6) is 0.0268. The first-order valence-electron chi connectivity index (χ1n) is 7.84. The van der Waals surface area contributed by atoms with Crippen LogP contribution < -0.4 is 5.56 Å². The van der Waals surface area contributed by atoms with Crippen molar-refractivity contribution in [3.63, 3.8) is 0 Å². The summed E-state index contributed by atoms with van der Waals surface area (Å²) in [5, 5.41) is 1.00. The standard InChI is InChI=1S/C18H24N2O2/c1-5-9-20(18(22)12(2)3)11-15-10-14-8-6-7-13(4)16(14)19-17(15)21/h6-8,10,12H,5,9,11H2,1-4H3,(H,19,21). The van der Waals surface area contributed by atoms with Gasteiger partial charge in [-0.2, -0.15) is 0 Å². The van der Waals surface area contributed by atoms with Crippen LogP contribution in [0.2, 0.25) is 0 Å². The third kappa shape index (κ3) is 3.38. The number of H-pyrrole nitrogens is 1. The second-order valence-electron chi connectivity index (χ2n) is 6.08. The fourth-order valence-corrected chi connectivity index (χ4v) is 2.65. The first kappa shape index (κ1) is 16.3. The van der Waals surface area contributed by atoms with Gasteiger partial charge in [0.25, 0.3) is 5.56 Å². The van der Waals surface area contributed by atoms with Crippen molar-refractivity contribution in [2.75, 3.05) is 6.54 Å². The van der Waals surface area contributed by atoms with E-state index in [-0.39, 0.29) is 17.4 Å². The second kappa shape index (κ2) is 6.77. The minimum atomic E-state index is -0.112. The van der Waals surface area contributed by atoms with Crippen LogP contribution in [0, 0.1) is 12.8 Å². The third-order valence-corrected chi connectivity index (χ3v) is 3.83. The van der Waals surface area contributed by atoms with Gasteiger partial charge in [0.1, 0.15) is 0 Å². The van der Waals surface area contributed by atoms with Crippen molar-refractivity contribution in [3.05, 3.63) is 45.7 Å². The summed E-state index contributed by atoms with van der Waals surface area (Å²) < 4.78 is 0. The van der Waals surface area contributed by atoms with Crippen LogP contribution in [-0.2, 0) is 11.3 Å². The number of fused-ring (bicyclic) bond motifs is 1. The number of pyridine rings is 1. The Morgan fingerprint density at radius 2 is 2.05 bits per heavy atom. The Morgan fingerprint density at radius 1 is 1.32 bits per heavy atom. The fraction of sp³-hybridized carbons (Fsp3) is 0.444. The molecule has 1 N–H and O–H groups in total. The Bertz CT molecular complexity index is 731. The highest BCUT2D eigenvalue weighted by atomic mass is 16.2. The molecule has 118 valence electrons. The van der Waals surface area contributed by atoms with E-state index in [0.717, 1.165) is 22.9 Å². The highest BCUT2D eigenvalue weighted by Gasteiger charge is 2.18. The molecule has 0 unspecified atom stereocenters. The number of hydrogen-bond donors (Lipinski definition) is 1. The van der Waals surface area contributed by atoms with E-state index >= 15 is 0 Å². The minimum Gasteiger partial charge on any atom is -0.338 e. The third-order valence-electron chi connectivity index (χ3n) is 3.83. The molecule has 0 radical (unpaired) electrons. The number of rotatable bonds is 5. The normalized spacial score (nSPS) is 11.1. The number of benzene rings is 1. The molecular formula is C18H24N2O2. The lowest BCUT2D eigenvalue weighted by Gasteiger charge is -2.24. The summed E-state index contributed by atoms with van der Waals surface area (Å²) in [6, 6.07) is 7.83. The minimum absolute atomic E-state index is 0.0617. The van der Waals surface area contributed by atoms with Crippen LogP contribution in [-0.4, -0.2) is 22.3 Å². The van der Waals surface area contributed by atoms with Crippen molar-refractivity contribution in [2.45, 2.75) is 40.7 Å². The average molecular weight is 300 g/mol. The second-order valence-corrected chi connectivity index (χ2v) is 6.08. The van der Waals surface area contributed by atoms with Gasteiger partial charge in [0.2, 0.25) is 5.91 Å². The molecule has 4 nitrogen and oxygen atoms in total. The molecule has 2 rings (SSSR count). The van der Waals surface area contributed by atoms with E-state index in [2.05, 4.69) is 4.98 Å². The Labute approximate surface area is 131 Å². The molecule has 4 heteroatoms.